The molecule has 5 heteroatoms. The van der Waals surface area contributed by atoms with Gasteiger partial charge in [-0.2, -0.15) is 0 Å². The summed E-state index contributed by atoms with van der Waals surface area (Å²) < 4.78 is 17.0. The number of aryl methyl sites for hydroxylation is 1. The van der Waals surface area contributed by atoms with Crippen molar-refractivity contribution in [2.75, 3.05) is 20.3 Å². The van der Waals surface area contributed by atoms with Crippen LogP contribution in [0.25, 0.3) is 11.0 Å². The van der Waals surface area contributed by atoms with Crippen LogP contribution in [0.3, 0.4) is 0 Å². The van der Waals surface area contributed by atoms with Crippen LogP contribution in [0.5, 0.6) is 5.75 Å². The van der Waals surface area contributed by atoms with E-state index in [4.69, 9.17) is 13.9 Å². The zero-order chi connectivity index (χ0) is 20.2. The third kappa shape index (κ3) is 4.69. The summed E-state index contributed by atoms with van der Waals surface area (Å²) in [7, 11) is 1.67. The molecule has 152 valence electrons. The molecule has 1 aromatic heterocycles. The minimum Gasteiger partial charge on any atom is -0.497 e. The number of rotatable bonds is 7. The Hall–Kier alpha value is -2.63. The lowest BCUT2D eigenvalue weighted by molar-refractivity contribution is 0.0676. The summed E-state index contributed by atoms with van der Waals surface area (Å²) in [4.78, 5) is 15.3. The van der Waals surface area contributed by atoms with E-state index >= 15 is 0 Å². The van der Waals surface area contributed by atoms with E-state index in [-0.39, 0.29) is 11.5 Å². The molecule has 1 saturated heterocycles. The highest BCUT2D eigenvalue weighted by molar-refractivity contribution is 5.77. The maximum Gasteiger partial charge on any atom is 0.197 e. The van der Waals surface area contributed by atoms with E-state index in [1.165, 1.54) is 0 Å². The van der Waals surface area contributed by atoms with E-state index in [1.807, 2.05) is 43.3 Å². The van der Waals surface area contributed by atoms with Gasteiger partial charge in [-0.05, 0) is 49.6 Å². The predicted octanol–water partition coefficient (Wildman–Crippen LogP) is 4.29. The summed E-state index contributed by atoms with van der Waals surface area (Å²) in [6.45, 7) is 4.81. The van der Waals surface area contributed by atoms with Crippen LogP contribution in [0, 0.1) is 6.92 Å². The zero-order valence-corrected chi connectivity index (χ0v) is 17.0. The minimum atomic E-state index is 0.0398. The number of methoxy groups -OCH3 is 1. The van der Waals surface area contributed by atoms with Crippen molar-refractivity contribution in [3.63, 3.8) is 0 Å². The zero-order valence-electron chi connectivity index (χ0n) is 17.0. The van der Waals surface area contributed by atoms with E-state index in [0.29, 0.717) is 29.6 Å². The lowest BCUT2D eigenvalue weighted by Gasteiger charge is -2.25. The van der Waals surface area contributed by atoms with Gasteiger partial charge in [0, 0.05) is 31.8 Å². The second kappa shape index (κ2) is 8.80. The van der Waals surface area contributed by atoms with Crippen molar-refractivity contribution in [1.29, 1.82) is 0 Å². The Morgan fingerprint density at radius 2 is 2.07 bits per heavy atom. The second-order valence-corrected chi connectivity index (χ2v) is 7.75. The summed E-state index contributed by atoms with van der Waals surface area (Å²) in [6, 6.07) is 13.8. The molecule has 1 fully saturated rings. The lowest BCUT2D eigenvalue weighted by atomic mass is 10.1. The van der Waals surface area contributed by atoms with Gasteiger partial charge in [-0.25, -0.2) is 0 Å². The Morgan fingerprint density at radius 1 is 1.17 bits per heavy atom. The van der Waals surface area contributed by atoms with Crippen LogP contribution < -0.4 is 10.2 Å². The van der Waals surface area contributed by atoms with Crippen LogP contribution in [-0.2, 0) is 17.8 Å². The molecular formula is C24H27NO4. The fourth-order valence-electron chi connectivity index (χ4n) is 3.93. The molecule has 0 saturated carbocycles. The molecule has 1 aliphatic heterocycles. The van der Waals surface area contributed by atoms with Crippen LogP contribution in [0.4, 0.5) is 0 Å². The Bertz CT molecular complexity index is 1040. The number of hydrogen-bond donors (Lipinski definition) is 0. The Labute approximate surface area is 170 Å². The average Bonchev–Trinajstić information content (AvgIpc) is 3.23. The molecule has 29 heavy (non-hydrogen) atoms. The molecule has 0 amide bonds. The highest BCUT2D eigenvalue weighted by Crippen LogP contribution is 2.20. The van der Waals surface area contributed by atoms with Gasteiger partial charge in [0.1, 0.15) is 11.3 Å². The normalized spacial score (nSPS) is 16.6. The number of nitrogens with zero attached hydrogens (tertiary/aromatic N) is 1. The topological polar surface area (TPSA) is 51.9 Å². The predicted molar refractivity (Wildman–Crippen MR) is 113 cm³/mol. The first kappa shape index (κ1) is 19.7. The first-order valence-electron chi connectivity index (χ1n) is 10.1. The van der Waals surface area contributed by atoms with E-state index in [0.717, 1.165) is 42.9 Å². The van der Waals surface area contributed by atoms with Gasteiger partial charge in [0.25, 0.3) is 0 Å². The van der Waals surface area contributed by atoms with Gasteiger partial charge in [-0.1, -0.05) is 23.8 Å². The molecule has 2 heterocycles. The van der Waals surface area contributed by atoms with Gasteiger partial charge in [-0.3, -0.25) is 9.69 Å². The summed E-state index contributed by atoms with van der Waals surface area (Å²) in [6.07, 6.45) is 3.96. The van der Waals surface area contributed by atoms with Crippen LogP contribution in [0.15, 0.2) is 57.9 Å². The fourth-order valence-corrected chi connectivity index (χ4v) is 3.93. The summed E-state index contributed by atoms with van der Waals surface area (Å²) in [5, 5.41) is 0.640. The maximum absolute atomic E-state index is 13.1. The van der Waals surface area contributed by atoms with Crippen LogP contribution in [0.1, 0.15) is 29.5 Å². The summed E-state index contributed by atoms with van der Waals surface area (Å²) >= 11 is 0. The van der Waals surface area contributed by atoms with Crippen molar-refractivity contribution in [3.05, 3.63) is 75.6 Å². The van der Waals surface area contributed by atoms with Gasteiger partial charge in [-0.15, -0.1) is 0 Å². The number of hydrogen-bond acceptors (Lipinski definition) is 5. The SMILES string of the molecule is COc1cccc(CN(Cc2coc3ccc(C)cc3c2=O)CC2CCCO2)c1. The number of benzene rings is 2. The Morgan fingerprint density at radius 3 is 2.86 bits per heavy atom. The molecule has 0 N–H and O–H groups in total. The van der Waals surface area contributed by atoms with E-state index in [1.54, 1.807) is 13.4 Å². The van der Waals surface area contributed by atoms with Gasteiger partial charge >= 0.3 is 0 Å². The van der Waals surface area contributed by atoms with Gasteiger partial charge in [0.05, 0.1) is 24.9 Å². The molecule has 1 atom stereocenters. The molecule has 4 rings (SSSR count). The highest BCUT2D eigenvalue weighted by Gasteiger charge is 2.21. The smallest absolute Gasteiger partial charge is 0.197 e. The molecule has 1 aliphatic rings. The fraction of sp³-hybridized carbons (Fsp3) is 0.375. The molecule has 0 bridgehead atoms. The molecule has 0 spiro atoms. The van der Waals surface area contributed by atoms with Crippen molar-refractivity contribution in [1.82, 2.24) is 4.90 Å². The van der Waals surface area contributed by atoms with Gasteiger partial charge in [0.2, 0.25) is 0 Å². The van der Waals surface area contributed by atoms with Gasteiger partial charge in [0.15, 0.2) is 5.43 Å². The molecule has 0 aliphatic carbocycles. The van der Waals surface area contributed by atoms with Crippen molar-refractivity contribution in [2.24, 2.45) is 0 Å². The lowest BCUT2D eigenvalue weighted by Crippen LogP contribution is -2.33. The van der Waals surface area contributed by atoms with Crippen molar-refractivity contribution in [2.45, 2.75) is 39.0 Å². The monoisotopic (exact) mass is 393 g/mol. The number of ether oxygens (including phenoxy) is 2. The first-order chi connectivity index (χ1) is 14.1. The largest absolute Gasteiger partial charge is 0.497 e. The Balaban J connectivity index is 1.61. The second-order valence-electron chi connectivity index (χ2n) is 7.75. The van der Waals surface area contributed by atoms with Crippen LogP contribution in [0.2, 0.25) is 0 Å². The van der Waals surface area contributed by atoms with Crippen molar-refractivity contribution < 1.29 is 13.9 Å². The first-order valence-corrected chi connectivity index (χ1v) is 10.1. The average molecular weight is 393 g/mol. The van der Waals surface area contributed by atoms with E-state index in [9.17, 15) is 4.79 Å². The van der Waals surface area contributed by atoms with Crippen LogP contribution in [-0.4, -0.2) is 31.3 Å². The highest BCUT2D eigenvalue weighted by atomic mass is 16.5. The third-order valence-electron chi connectivity index (χ3n) is 5.42. The van der Waals surface area contributed by atoms with E-state index in [2.05, 4.69) is 11.0 Å². The molecule has 0 radical (unpaired) electrons. The maximum atomic E-state index is 13.1. The van der Waals surface area contributed by atoms with Crippen molar-refractivity contribution in [3.8, 4) is 5.75 Å². The molecule has 1 unspecified atom stereocenters. The summed E-state index contributed by atoms with van der Waals surface area (Å²) in [5.41, 5.74) is 3.53. The van der Waals surface area contributed by atoms with Crippen molar-refractivity contribution >= 4 is 11.0 Å². The Kier molecular flexibility index (Phi) is 5.97. The summed E-state index contributed by atoms with van der Waals surface area (Å²) in [5.74, 6) is 0.834. The van der Waals surface area contributed by atoms with Crippen LogP contribution >= 0.6 is 0 Å². The standard InChI is InChI=1S/C24H27NO4/c1-17-8-9-23-22(11-17)24(26)19(16-29-23)14-25(15-21-7-4-10-28-21)13-18-5-3-6-20(12-18)27-2/h3,5-6,8-9,11-12,16,21H,4,7,10,13-15H2,1-2H3. The third-order valence-corrected chi connectivity index (χ3v) is 5.42. The number of fused-ring (bicyclic) bond motifs is 1. The molecule has 2 aromatic carbocycles. The molecular weight excluding hydrogens is 366 g/mol. The van der Waals surface area contributed by atoms with Gasteiger partial charge < -0.3 is 13.9 Å². The van der Waals surface area contributed by atoms with E-state index < -0.39 is 0 Å². The quantitative estimate of drug-likeness (QED) is 0.599. The molecule has 5 nitrogen and oxygen atoms in total. The minimum absolute atomic E-state index is 0.0398. The molecule has 3 aromatic rings.